The average Bonchev–Trinajstić information content (AvgIpc) is 3.10. The minimum atomic E-state index is -3.97. The molecule has 0 spiro atoms. The first-order valence-corrected chi connectivity index (χ1v) is 11.1. The van der Waals surface area contributed by atoms with E-state index in [1.807, 2.05) is 0 Å². The fourth-order valence-electron chi connectivity index (χ4n) is 3.31. The summed E-state index contributed by atoms with van der Waals surface area (Å²) in [7, 11) is -3.97. The van der Waals surface area contributed by atoms with Crippen molar-refractivity contribution in [1.29, 1.82) is 0 Å². The van der Waals surface area contributed by atoms with E-state index >= 15 is 0 Å². The Balaban J connectivity index is 2.04. The van der Waals surface area contributed by atoms with Crippen LogP contribution in [0.25, 0.3) is 10.8 Å². The second-order valence-corrected chi connectivity index (χ2v) is 10.3. The van der Waals surface area contributed by atoms with Gasteiger partial charge in [0.05, 0.1) is 4.90 Å². The number of carbonyl (C=O) groups is 1. The molecule has 30 heavy (non-hydrogen) atoms. The second-order valence-electron chi connectivity index (χ2n) is 8.00. The van der Waals surface area contributed by atoms with Crippen molar-refractivity contribution in [2.24, 2.45) is 16.5 Å². The van der Waals surface area contributed by atoms with Crippen LogP contribution >= 0.6 is 11.6 Å². The summed E-state index contributed by atoms with van der Waals surface area (Å²) >= 11 is 6.01. The maximum absolute atomic E-state index is 13.3. The highest BCUT2D eigenvalue weighted by atomic mass is 35.5. The van der Waals surface area contributed by atoms with Crippen LogP contribution in [0.4, 0.5) is 5.82 Å². The lowest BCUT2D eigenvalue weighted by Gasteiger charge is -2.27. The largest absolute Gasteiger partial charge is 0.459 e. The third kappa shape index (κ3) is 4.66. The quantitative estimate of drug-likeness (QED) is 0.313. The van der Waals surface area contributed by atoms with E-state index < -0.39 is 27.6 Å². The van der Waals surface area contributed by atoms with Gasteiger partial charge in [-0.15, -0.1) is 0 Å². The molecule has 4 N–H and O–H groups in total. The van der Waals surface area contributed by atoms with Crippen molar-refractivity contribution in [3.8, 4) is 0 Å². The summed E-state index contributed by atoms with van der Waals surface area (Å²) < 4.78 is 33.3. The Hall–Kier alpha value is -2.43. The Labute approximate surface area is 180 Å². The Morgan fingerprint density at radius 3 is 2.63 bits per heavy atom. The lowest BCUT2D eigenvalue weighted by atomic mass is 10.1. The van der Waals surface area contributed by atoms with Gasteiger partial charge in [-0.25, -0.2) is 13.4 Å². The molecule has 1 aromatic carbocycles. The zero-order valence-electron chi connectivity index (χ0n) is 16.9. The third-order valence-electron chi connectivity index (χ3n) is 4.48. The number of benzene rings is 1. The maximum Gasteiger partial charge on any atom is 0.324 e. The van der Waals surface area contributed by atoms with Gasteiger partial charge in [-0.1, -0.05) is 17.7 Å². The van der Waals surface area contributed by atoms with Crippen molar-refractivity contribution in [1.82, 2.24) is 9.29 Å². The van der Waals surface area contributed by atoms with Crippen molar-refractivity contribution in [2.75, 3.05) is 6.54 Å². The number of guanidine groups is 1. The Kier molecular flexibility index (Phi) is 5.94. The molecular weight excluding hydrogens is 430 g/mol. The number of pyridine rings is 1. The number of hydrogen-bond acceptors (Lipinski definition) is 6. The number of esters is 1. The molecule has 0 bridgehead atoms. The van der Waals surface area contributed by atoms with Crippen LogP contribution in [-0.2, 0) is 19.6 Å². The van der Waals surface area contributed by atoms with E-state index in [4.69, 9.17) is 27.8 Å². The third-order valence-corrected chi connectivity index (χ3v) is 6.57. The van der Waals surface area contributed by atoms with Crippen molar-refractivity contribution in [3.05, 3.63) is 29.4 Å². The van der Waals surface area contributed by atoms with Crippen LogP contribution in [-0.4, -0.2) is 47.8 Å². The van der Waals surface area contributed by atoms with Crippen LogP contribution in [0, 0.1) is 0 Å². The van der Waals surface area contributed by atoms with Crippen LogP contribution in [0.1, 0.15) is 33.6 Å². The second kappa shape index (κ2) is 8.01. The van der Waals surface area contributed by atoms with Crippen LogP contribution in [0.3, 0.4) is 0 Å². The average molecular weight is 454 g/mol. The van der Waals surface area contributed by atoms with Gasteiger partial charge in [-0.2, -0.15) is 9.30 Å². The van der Waals surface area contributed by atoms with Gasteiger partial charge in [0.25, 0.3) is 0 Å². The molecule has 2 aromatic rings. The number of carbonyl (C=O) groups excluding carboxylic acids is 1. The predicted octanol–water partition coefficient (Wildman–Crippen LogP) is 2.29. The minimum absolute atomic E-state index is 0.00150. The number of fused-ring (bicyclic) bond motifs is 1. The van der Waals surface area contributed by atoms with E-state index in [-0.39, 0.29) is 28.4 Å². The number of rotatable bonds is 4. The number of aromatic nitrogens is 1. The summed E-state index contributed by atoms with van der Waals surface area (Å²) in [6, 6.07) is 5.20. The lowest BCUT2D eigenvalue weighted by molar-refractivity contribution is -0.158. The first-order chi connectivity index (χ1) is 13.9. The molecule has 1 atom stereocenters. The first-order valence-electron chi connectivity index (χ1n) is 9.33. The number of nitrogens with zero attached hydrogens (tertiary/aromatic N) is 3. The van der Waals surface area contributed by atoms with Crippen LogP contribution in [0.15, 0.2) is 34.2 Å². The zero-order chi connectivity index (χ0) is 22.3. The molecule has 0 aliphatic carbocycles. The molecule has 0 saturated carbocycles. The molecule has 1 fully saturated rings. The Morgan fingerprint density at radius 1 is 1.30 bits per heavy atom. The number of aliphatic imine (C=N–C) groups is 1. The van der Waals surface area contributed by atoms with E-state index in [0.29, 0.717) is 23.6 Å². The fraction of sp³-hybridized carbons (Fsp3) is 0.421. The molecule has 162 valence electrons. The van der Waals surface area contributed by atoms with Gasteiger partial charge in [0.15, 0.2) is 11.8 Å². The molecule has 11 heteroatoms. The van der Waals surface area contributed by atoms with Gasteiger partial charge in [0.2, 0.25) is 10.0 Å². The Morgan fingerprint density at radius 2 is 2.00 bits per heavy atom. The standard InChI is InChI=1S/C19H24ClN5O4S/c1-19(2,3)29-17(26)14-5-4-8-25(14)30(27,28)12-7-6-11-9-15(20)23-16(13(11)10-12)24-18(21)22/h6-7,9-10,14H,4-5,8H2,1-3H3,(H4,21,22,23,24)/t14-/m1/s1. The molecule has 9 nitrogen and oxygen atoms in total. The van der Waals surface area contributed by atoms with E-state index in [9.17, 15) is 13.2 Å². The number of nitrogens with two attached hydrogens (primary N) is 2. The number of sulfonamides is 1. The van der Waals surface area contributed by atoms with Crippen molar-refractivity contribution in [3.63, 3.8) is 0 Å². The molecule has 1 aliphatic heterocycles. The highest BCUT2D eigenvalue weighted by Gasteiger charge is 2.41. The highest BCUT2D eigenvalue weighted by Crippen LogP contribution is 2.33. The molecule has 2 heterocycles. The van der Waals surface area contributed by atoms with Crippen LogP contribution in [0.2, 0.25) is 5.15 Å². The monoisotopic (exact) mass is 453 g/mol. The molecule has 0 unspecified atom stereocenters. The summed E-state index contributed by atoms with van der Waals surface area (Å²) in [5.74, 6) is -0.678. The lowest BCUT2D eigenvalue weighted by Crippen LogP contribution is -2.43. The van der Waals surface area contributed by atoms with Gasteiger partial charge >= 0.3 is 5.97 Å². The predicted molar refractivity (Wildman–Crippen MR) is 115 cm³/mol. The van der Waals surface area contributed by atoms with E-state index in [2.05, 4.69) is 9.98 Å². The smallest absolute Gasteiger partial charge is 0.324 e. The molecular formula is C19H24ClN5O4S. The van der Waals surface area contributed by atoms with Crippen LogP contribution < -0.4 is 11.5 Å². The van der Waals surface area contributed by atoms with E-state index in [0.717, 1.165) is 0 Å². The molecule has 1 aliphatic rings. The molecule has 0 radical (unpaired) electrons. The normalized spacial score (nSPS) is 17.8. The van der Waals surface area contributed by atoms with Gasteiger partial charge in [-0.05, 0) is 57.2 Å². The van der Waals surface area contributed by atoms with E-state index in [1.54, 1.807) is 32.9 Å². The summed E-state index contributed by atoms with van der Waals surface area (Å²) in [5, 5.41) is 1.21. The summed E-state index contributed by atoms with van der Waals surface area (Å²) in [6.07, 6.45) is 0.964. The number of hydrogen-bond donors (Lipinski definition) is 2. The highest BCUT2D eigenvalue weighted by molar-refractivity contribution is 7.89. The number of ether oxygens (including phenoxy) is 1. The SMILES string of the molecule is CC(C)(C)OC(=O)[C@H]1CCCN1S(=O)(=O)c1ccc2cc(Cl)nc(N=C(N)N)c2c1. The first kappa shape index (κ1) is 22.3. The molecule has 3 rings (SSSR count). The van der Waals surface area contributed by atoms with Gasteiger partial charge in [0.1, 0.15) is 16.8 Å². The van der Waals surface area contributed by atoms with Gasteiger partial charge < -0.3 is 16.2 Å². The van der Waals surface area contributed by atoms with E-state index in [1.165, 1.54) is 16.4 Å². The van der Waals surface area contributed by atoms with Crippen molar-refractivity contribution >= 4 is 50.1 Å². The van der Waals surface area contributed by atoms with Crippen LogP contribution in [0.5, 0.6) is 0 Å². The summed E-state index contributed by atoms with van der Waals surface area (Å²) in [4.78, 5) is 20.6. The molecule has 1 saturated heterocycles. The summed E-state index contributed by atoms with van der Waals surface area (Å²) in [5.41, 5.74) is 10.2. The van der Waals surface area contributed by atoms with Gasteiger partial charge in [0, 0.05) is 11.9 Å². The van der Waals surface area contributed by atoms with Crippen molar-refractivity contribution < 1.29 is 17.9 Å². The topological polar surface area (TPSA) is 141 Å². The number of halogens is 1. The molecule has 0 amide bonds. The van der Waals surface area contributed by atoms with Gasteiger partial charge in [-0.3, -0.25) is 4.79 Å². The minimum Gasteiger partial charge on any atom is -0.459 e. The van der Waals surface area contributed by atoms with Crippen molar-refractivity contribution in [2.45, 2.75) is 50.2 Å². The summed E-state index contributed by atoms with van der Waals surface area (Å²) in [6.45, 7) is 5.45. The zero-order valence-corrected chi connectivity index (χ0v) is 18.5. The molecule has 1 aromatic heterocycles. The Bertz CT molecular complexity index is 1120. The fourth-order valence-corrected chi connectivity index (χ4v) is 5.18. The maximum atomic E-state index is 13.3.